The van der Waals surface area contributed by atoms with Gasteiger partial charge < -0.3 is 0 Å². The minimum Gasteiger partial charge on any atom is -0.294 e. The molecule has 0 aromatic carbocycles. The first-order valence-electron chi connectivity index (χ1n) is 5.47. The summed E-state index contributed by atoms with van der Waals surface area (Å²) in [4.78, 5) is 15.7. The number of halogens is 3. The molecule has 0 saturated carbocycles. The number of carbonyl (C=O) groups is 1. The van der Waals surface area contributed by atoms with E-state index in [1.54, 1.807) is 0 Å². The number of hydrogen-bond acceptors (Lipinski definition) is 3. The molecule has 0 unspecified atom stereocenters. The van der Waals surface area contributed by atoms with Crippen molar-refractivity contribution in [2.24, 2.45) is 0 Å². The van der Waals surface area contributed by atoms with Crippen LogP contribution in [0.4, 0.5) is 4.39 Å². The number of rotatable bonds is 4. The van der Waals surface area contributed by atoms with Gasteiger partial charge in [0, 0.05) is 6.42 Å². The number of Topliss-reactive ketones (excluding diaryl/α,β-unsaturated/α-hetero) is 1. The van der Waals surface area contributed by atoms with Gasteiger partial charge in [-0.1, -0.05) is 36.5 Å². The van der Waals surface area contributed by atoms with Crippen molar-refractivity contribution < 1.29 is 9.18 Å². The molecule has 18 heavy (non-hydrogen) atoms. The Labute approximate surface area is 113 Å². The molecule has 2 aromatic heterocycles. The van der Waals surface area contributed by atoms with Gasteiger partial charge in [0.25, 0.3) is 0 Å². The van der Waals surface area contributed by atoms with E-state index in [9.17, 15) is 9.18 Å². The molecule has 2 heterocycles. The fraction of sp³-hybridized carbons (Fsp3) is 0.364. The van der Waals surface area contributed by atoms with Gasteiger partial charge in [0.05, 0.1) is 11.8 Å². The van der Waals surface area contributed by atoms with Crippen LogP contribution >= 0.6 is 23.2 Å². The Morgan fingerprint density at radius 1 is 1.50 bits per heavy atom. The quantitative estimate of drug-likeness (QED) is 0.639. The lowest BCUT2D eigenvalue weighted by Crippen LogP contribution is -2.02. The minimum atomic E-state index is -0.846. The summed E-state index contributed by atoms with van der Waals surface area (Å²) in [6.45, 7) is 1.99. The fourth-order valence-electron chi connectivity index (χ4n) is 1.58. The molecule has 0 aliphatic carbocycles. The van der Waals surface area contributed by atoms with Crippen molar-refractivity contribution in [1.82, 2.24) is 14.6 Å². The van der Waals surface area contributed by atoms with E-state index in [4.69, 9.17) is 23.2 Å². The standard InChI is InChI=1S/C11H10Cl2FN3O/c1-2-3-4-7(18)6-5-15-17-10(13)8(14)9(12)16-11(6)17/h5H,2-4H2,1H3. The highest BCUT2D eigenvalue weighted by Crippen LogP contribution is 2.24. The van der Waals surface area contributed by atoms with Gasteiger partial charge >= 0.3 is 0 Å². The Morgan fingerprint density at radius 3 is 2.89 bits per heavy atom. The van der Waals surface area contributed by atoms with Crippen LogP contribution in [0.1, 0.15) is 36.5 Å². The SMILES string of the molecule is CCCCC(=O)c1cnn2c(Cl)c(F)c(Cl)nc12. The van der Waals surface area contributed by atoms with Gasteiger partial charge in [-0.2, -0.15) is 9.61 Å². The number of fused-ring (bicyclic) bond motifs is 1. The zero-order chi connectivity index (χ0) is 13.3. The summed E-state index contributed by atoms with van der Waals surface area (Å²) in [5.41, 5.74) is 0.500. The zero-order valence-corrected chi connectivity index (χ0v) is 11.1. The van der Waals surface area contributed by atoms with E-state index in [0.717, 1.165) is 17.4 Å². The first-order valence-corrected chi connectivity index (χ1v) is 6.23. The maximum Gasteiger partial charge on any atom is 0.197 e. The van der Waals surface area contributed by atoms with E-state index in [1.165, 1.54) is 6.20 Å². The monoisotopic (exact) mass is 289 g/mol. The summed E-state index contributed by atoms with van der Waals surface area (Å²) < 4.78 is 14.5. The van der Waals surface area contributed by atoms with Crippen LogP contribution in [-0.2, 0) is 0 Å². The van der Waals surface area contributed by atoms with Crippen molar-refractivity contribution >= 4 is 34.6 Å². The van der Waals surface area contributed by atoms with Crippen LogP contribution in [0.3, 0.4) is 0 Å². The van der Waals surface area contributed by atoms with Crippen molar-refractivity contribution in [2.45, 2.75) is 26.2 Å². The Balaban J connectivity index is 2.51. The molecular formula is C11H10Cl2FN3O. The summed E-state index contributed by atoms with van der Waals surface area (Å²) >= 11 is 11.4. The predicted octanol–water partition coefficient (Wildman–Crippen LogP) is 3.55. The summed E-state index contributed by atoms with van der Waals surface area (Å²) in [6.07, 6.45) is 3.42. The molecule has 0 saturated heterocycles. The minimum absolute atomic E-state index is 0.0990. The van der Waals surface area contributed by atoms with Gasteiger partial charge in [-0.25, -0.2) is 9.37 Å². The van der Waals surface area contributed by atoms with Crippen LogP contribution in [-0.4, -0.2) is 20.4 Å². The molecule has 4 nitrogen and oxygen atoms in total. The first kappa shape index (κ1) is 13.2. The molecule has 2 rings (SSSR count). The molecule has 0 aliphatic rings. The lowest BCUT2D eigenvalue weighted by atomic mass is 10.1. The first-order chi connectivity index (χ1) is 8.56. The van der Waals surface area contributed by atoms with Crippen LogP contribution < -0.4 is 0 Å². The number of unbranched alkanes of at least 4 members (excludes halogenated alkanes) is 1. The molecule has 0 radical (unpaired) electrons. The Kier molecular flexibility index (Phi) is 3.82. The van der Waals surface area contributed by atoms with Gasteiger partial charge in [0.1, 0.15) is 0 Å². The molecule has 0 amide bonds. The number of hydrogen-bond donors (Lipinski definition) is 0. The van der Waals surface area contributed by atoms with Crippen LogP contribution in [0.15, 0.2) is 6.20 Å². The van der Waals surface area contributed by atoms with E-state index < -0.39 is 5.82 Å². The largest absolute Gasteiger partial charge is 0.294 e. The van der Waals surface area contributed by atoms with E-state index in [2.05, 4.69) is 10.1 Å². The van der Waals surface area contributed by atoms with Crippen LogP contribution in [0.5, 0.6) is 0 Å². The van der Waals surface area contributed by atoms with Crippen LogP contribution in [0.25, 0.3) is 5.65 Å². The lowest BCUT2D eigenvalue weighted by molar-refractivity contribution is 0.0981. The highest BCUT2D eigenvalue weighted by atomic mass is 35.5. The highest BCUT2D eigenvalue weighted by molar-refractivity contribution is 6.33. The Bertz CT molecular complexity index is 612. The summed E-state index contributed by atoms with van der Waals surface area (Å²) in [5, 5.41) is 3.21. The third-order valence-corrected chi connectivity index (χ3v) is 3.13. The topological polar surface area (TPSA) is 47.3 Å². The predicted molar refractivity (Wildman–Crippen MR) is 66.8 cm³/mol. The maximum atomic E-state index is 13.4. The third-order valence-electron chi connectivity index (χ3n) is 2.55. The second-order valence-corrected chi connectivity index (χ2v) is 4.54. The molecule has 2 aromatic rings. The van der Waals surface area contributed by atoms with Crippen molar-refractivity contribution in [2.75, 3.05) is 0 Å². The van der Waals surface area contributed by atoms with Crippen LogP contribution in [0, 0.1) is 5.82 Å². The smallest absolute Gasteiger partial charge is 0.197 e. The molecule has 7 heteroatoms. The van der Waals surface area contributed by atoms with E-state index in [-0.39, 0.29) is 21.7 Å². The van der Waals surface area contributed by atoms with Gasteiger partial charge in [-0.3, -0.25) is 4.79 Å². The molecule has 0 fully saturated rings. The second kappa shape index (κ2) is 5.20. The Morgan fingerprint density at radius 2 is 2.22 bits per heavy atom. The van der Waals surface area contributed by atoms with E-state index in [1.807, 2.05) is 6.92 Å². The number of ketones is 1. The van der Waals surface area contributed by atoms with Crippen molar-refractivity contribution in [3.05, 3.63) is 27.9 Å². The highest BCUT2D eigenvalue weighted by Gasteiger charge is 2.19. The van der Waals surface area contributed by atoms with Gasteiger partial charge in [0.2, 0.25) is 0 Å². The molecular weight excluding hydrogens is 280 g/mol. The molecule has 0 spiro atoms. The summed E-state index contributed by atoms with van der Waals surface area (Å²) in [7, 11) is 0. The van der Waals surface area contributed by atoms with E-state index in [0.29, 0.717) is 12.0 Å². The number of aromatic nitrogens is 3. The van der Waals surface area contributed by atoms with Gasteiger partial charge in [0.15, 0.2) is 27.6 Å². The fourth-order valence-corrected chi connectivity index (χ4v) is 2.01. The Hall–Kier alpha value is -1.20. The average Bonchev–Trinajstić information content (AvgIpc) is 2.77. The molecule has 96 valence electrons. The second-order valence-electron chi connectivity index (χ2n) is 3.83. The van der Waals surface area contributed by atoms with Crippen LogP contribution in [0.2, 0.25) is 10.3 Å². The molecule has 0 bridgehead atoms. The molecule has 0 atom stereocenters. The summed E-state index contributed by atoms with van der Waals surface area (Å²) in [5.74, 6) is -0.945. The number of carbonyl (C=O) groups excluding carboxylic acids is 1. The maximum absolute atomic E-state index is 13.4. The number of nitrogens with zero attached hydrogens (tertiary/aromatic N) is 3. The average molecular weight is 290 g/mol. The zero-order valence-electron chi connectivity index (χ0n) is 9.58. The van der Waals surface area contributed by atoms with Crippen molar-refractivity contribution in [3.8, 4) is 0 Å². The third kappa shape index (κ3) is 2.20. The lowest BCUT2D eigenvalue weighted by Gasteiger charge is -2.01. The van der Waals surface area contributed by atoms with E-state index >= 15 is 0 Å². The van der Waals surface area contributed by atoms with Crippen molar-refractivity contribution in [1.29, 1.82) is 0 Å². The normalized spacial score (nSPS) is 11.1. The summed E-state index contributed by atoms with van der Waals surface area (Å²) in [6, 6.07) is 0. The molecule has 0 N–H and O–H groups in total. The van der Waals surface area contributed by atoms with Gasteiger partial charge in [-0.05, 0) is 6.42 Å². The van der Waals surface area contributed by atoms with Gasteiger partial charge in [-0.15, -0.1) is 0 Å². The molecule has 0 aliphatic heterocycles. The van der Waals surface area contributed by atoms with Crippen molar-refractivity contribution in [3.63, 3.8) is 0 Å².